The zero-order valence-corrected chi connectivity index (χ0v) is 13.0. The maximum atomic E-state index is 12.4. The first-order chi connectivity index (χ1) is 11.2. The summed E-state index contributed by atoms with van der Waals surface area (Å²) in [4.78, 5) is 12.4. The molecule has 2 bridgehead atoms. The van der Waals surface area contributed by atoms with Gasteiger partial charge in [0.05, 0.1) is 0 Å². The number of hydrogen-bond donors (Lipinski definition) is 2. The molecule has 0 saturated carbocycles. The lowest BCUT2D eigenvalue weighted by atomic mass is 9.95. The van der Waals surface area contributed by atoms with Crippen LogP contribution >= 0.6 is 0 Å². The minimum atomic E-state index is -0.0234. The molecule has 1 aromatic carbocycles. The molecule has 1 aromatic heterocycles. The molecule has 2 N–H and O–H groups in total. The number of aryl methyl sites for hydroxylation is 1. The Hall–Kier alpha value is -2.27. The van der Waals surface area contributed by atoms with Gasteiger partial charge in [-0.25, -0.2) is 0 Å². The number of carbonyl (C=O) groups excluding carboxylic acids is 1. The standard InChI is InChI=1S/C18H20N2O3/c1-11-2-9-17(22-11)23-14-6-3-12(4-7-14)18(21)20-16-10-13-5-8-15(16)19-13/h2-4,6-7,9,13,15-16,19H,5,8,10H2,1H3,(H,20,21). The van der Waals surface area contributed by atoms with Crippen LogP contribution in [0.4, 0.5) is 0 Å². The van der Waals surface area contributed by atoms with Crippen molar-refractivity contribution in [1.82, 2.24) is 10.6 Å². The van der Waals surface area contributed by atoms with Gasteiger partial charge in [-0.1, -0.05) is 0 Å². The molecule has 2 aromatic rings. The highest BCUT2D eigenvalue weighted by atomic mass is 16.6. The first-order valence-corrected chi connectivity index (χ1v) is 8.09. The number of rotatable bonds is 4. The van der Waals surface area contributed by atoms with E-state index >= 15 is 0 Å². The van der Waals surface area contributed by atoms with Gasteiger partial charge < -0.3 is 19.8 Å². The molecule has 4 rings (SSSR count). The highest BCUT2D eigenvalue weighted by Gasteiger charge is 2.39. The molecule has 0 radical (unpaired) electrons. The SMILES string of the molecule is Cc1ccc(Oc2ccc(C(=O)NC3CC4CCC3N4)cc2)o1. The number of amides is 1. The fraction of sp³-hybridized carbons (Fsp3) is 0.389. The number of furan rings is 1. The number of fused-ring (bicyclic) bond motifs is 2. The third kappa shape index (κ3) is 2.97. The molecule has 1 amide bonds. The van der Waals surface area contributed by atoms with Crippen LogP contribution in [-0.4, -0.2) is 24.0 Å². The van der Waals surface area contributed by atoms with Gasteiger partial charge in [0, 0.05) is 29.8 Å². The lowest BCUT2D eigenvalue weighted by Crippen LogP contribution is -2.42. The third-order valence-electron chi connectivity index (χ3n) is 4.67. The number of ether oxygens (including phenoxy) is 1. The lowest BCUT2D eigenvalue weighted by molar-refractivity contribution is 0.0931. The predicted molar refractivity (Wildman–Crippen MR) is 85.8 cm³/mol. The Kier molecular flexibility index (Phi) is 3.58. The van der Waals surface area contributed by atoms with Gasteiger partial charge in [-0.2, -0.15) is 0 Å². The highest BCUT2D eigenvalue weighted by molar-refractivity contribution is 5.94. The zero-order valence-electron chi connectivity index (χ0n) is 13.0. The maximum absolute atomic E-state index is 12.4. The molecule has 23 heavy (non-hydrogen) atoms. The summed E-state index contributed by atoms with van der Waals surface area (Å²) in [5, 5.41) is 6.67. The van der Waals surface area contributed by atoms with Crippen molar-refractivity contribution in [3.05, 3.63) is 47.7 Å². The van der Waals surface area contributed by atoms with Crippen LogP contribution in [0.25, 0.3) is 0 Å². The van der Waals surface area contributed by atoms with Gasteiger partial charge in [0.1, 0.15) is 11.5 Å². The minimum Gasteiger partial charge on any atom is -0.431 e. The number of benzene rings is 1. The number of nitrogens with one attached hydrogen (secondary N) is 2. The van der Waals surface area contributed by atoms with Gasteiger partial charge in [-0.15, -0.1) is 0 Å². The summed E-state index contributed by atoms with van der Waals surface area (Å²) >= 11 is 0. The lowest BCUT2D eigenvalue weighted by Gasteiger charge is -2.21. The van der Waals surface area contributed by atoms with Gasteiger partial charge in [0.15, 0.2) is 0 Å². The van der Waals surface area contributed by atoms with Crippen molar-refractivity contribution >= 4 is 5.91 Å². The Labute approximate surface area is 135 Å². The molecule has 2 saturated heterocycles. The van der Waals surface area contributed by atoms with E-state index < -0.39 is 0 Å². The topological polar surface area (TPSA) is 63.5 Å². The normalized spacial score (nSPS) is 25.5. The summed E-state index contributed by atoms with van der Waals surface area (Å²) in [5.41, 5.74) is 0.649. The molecule has 0 aliphatic carbocycles. The van der Waals surface area contributed by atoms with Crippen LogP contribution < -0.4 is 15.4 Å². The van der Waals surface area contributed by atoms with E-state index in [-0.39, 0.29) is 11.9 Å². The number of hydrogen-bond acceptors (Lipinski definition) is 4. The Morgan fingerprint density at radius 1 is 1.22 bits per heavy atom. The van der Waals surface area contributed by atoms with E-state index in [1.54, 1.807) is 30.3 Å². The van der Waals surface area contributed by atoms with E-state index in [1.165, 1.54) is 6.42 Å². The van der Waals surface area contributed by atoms with Crippen LogP contribution in [0.3, 0.4) is 0 Å². The quantitative estimate of drug-likeness (QED) is 0.911. The van der Waals surface area contributed by atoms with Crippen LogP contribution in [0.2, 0.25) is 0 Å². The van der Waals surface area contributed by atoms with E-state index in [2.05, 4.69) is 10.6 Å². The molecule has 3 unspecified atom stereocenters. The average Bonchev–Trinajstić information content (AvgIpc) is 3.25. The van der Waals surface area contributed by atoms with Crippen molar-refractivity contribution in [2.75, 3.05) is 0 Å². The maximum Gasteiger partial charge on any atom is 0.290 e. The van der Waals surface area contributed by atoms with Gasteiger partial charge in [0.25, 0.3) is 11.9 Å². The van der Waals surface area contributed by atoms with Crippen LogP contribution in [-0.2, 0) is 0 Å². The first-order valence-electron chi connectivity index (χ1n) is 8.09. The molecule has 5 heteroatoms. The number of carbonyl (C=O) groups is 1. The van der Waals surface area contributed by atoms with Crippen LogP contribution in [0.15, 0.2) is 40.8 Å². The largest absolute Gasteiger partial charge is 0.431 e. The smallest absolute Gasteiger partial charge is 0.290 e. The molecule has 2 aliphatic rings. The first kappa shape index (κ1) is 14.3. The fourth-order valence-electron chi connectivity index (χ4n) is 3.49. The molecule has 2 fully saturated rings. The van der Waals surface area contributed by atoms with E-state index in [0.29, 0.717) is 29.3 Å². The predicted octanol–water partition coefficient (Wildman–Crippen LogP) is 3.00. The summed E-state index contributed by atoms with van der Waals surface area (Å²) in [7, 11) is 0. The van der Waals surface area contributed by atoms with Gasteiger partial charge in [-0.3, -0.25) is 4.79 Å². The average molecular weight is 312 g/mol. The second kappa shape index (κ2) is 5.74. The minimum absolute atomic E-state index is 0.0234. The molecule has 2 aliphatic heterocycles. The van der Waals surface area contributed by atoms with Crippen molar-refractivity contribution < 1.29 is 13.9 Å². The van der Waals surface area contributed by atoms with Crippen LogP contribution in [0.1, 0.15) is 35.4 Å². The second-order valence-corrected chi connectivity index (χ2v) is 6.35. The van der Waals surface area contributed by atoms with Crippen LogP contribution in [0, 0.1) is 6.92 Å². The fourth-order valence-corrected chi connectivity index (χ4v) is 3.49. The summed E-state index contributed by atoms with van der Waals surface area (Å²) < 4.78 is 11.0. The van der Waals surface area contributed by atoms with Gasteiger partial charge in [0.2, 0.25) is 0 Å². The molecular formula is C18H20N2O3. The monoisotopic (exact) mass is 312 g/mol. The zero-order chi connectivity index (χ0) is 15.8. The molecule has 5 nitrogen and oxygen atoms in total. The van der Waals surface area contributed by atoms with Crippen LogP contribution in [0.5, 0.6) is 11.7 Å². The molecular weight excluding hydrogens is 292 g/mol. The molecule has 3 atom stereocenters. The molecule has 120 valence electrons. The summed E-state index contributed by atoms with van der Waals surface area (Å²) in [6.45, 7) is 1.87. The van der Waals surface area contributed by atoms with E-state index in [0.717, 1.165) is 18.6 Å². The Bertz CT molecular complexity index is 707. The van der Waals surface area contributed by atoms with Crippen molar-refractivity contribution in [1.29, 1.82) is 0 Å². The Balaban J connectivity index is 1.38. The summed E-state index contributed by atoms with van der Waals surface area (Å²) in [6.07, 6.45) is 3.43. The van der Waals surface area contributed by atoms with E-state index in [4.69, 9.17) is 9.15 Å². The Morgan fingerprint density at radius 3 is 2.65 bits per heavy atom. The van der Waals surface area contributed by atoms with E-state index in [1.807, 2.05) is 13.0 Å². The van der Waals surface area contributed by atoms with Crippen molar-refractivity contribution in [2.45, 2.75) is 44.3 Å². The molecule has 3 heterocycles. The van der Waals surface area contributed by atoms with Crippen molar-refractivity contribution in [2.24, 2.45) is 0 Å². The Morgan fingerprint density at radius 2 is 2.04 bits per heavy atom. The summed E-state index contributed by atoms with van der Waals surface area (Å²) in [6, 6.07) is 12.0. The molecule has 0 spiro atoms. The van der Waals surface area contributed by atoms with E-state index in [9.17, 15) is 4.79 Å². The highest BCUT2D eigenvalue weighted by Crippen LogP contribution is 2.28. The van der Waals surface area contributed by atoms with Crippen molar-refractivity contribution in [3.63, 3.8) is 0 Å². The van der Waals surface area contributed by atoms with Crippen molar-refractivity contribution in [3.8, 4) is 11.7 Å². The van der Waals surface area contributed by atoms with Gasteiger partial charge >= 0.3 is 0 Å². The third-order valence-corrected chi connectivity index (χ3v) is 4.67. The van der Waals surface area contributed by atoms with Gasteiger partial charge in [-0.05, 0) is 56.5 Å². The second-order valence-electron chi connectivity index (χ2n) is 6.35. The summed E-state index contributed by atoms with van der Waals surface area (Å²) in [5.74, 6) is 1.88.